The van der Waals surface area contributed by atoms with Crippen molar-refractivity contribution >= 4 is 5.91 Å². The number of carbonyl (C=O) groups excluding carboxylic acids is 1. The van der Waals surface area contributed by atoms with E-state index >= 15 is 0 Å². The molecule has 0 atom stereocenters. The molecule has 1 fully saturated rings. The summed E-state index contributed by atoms with van der Waals surface area (Å²) in [5, 5.41) is 9.46. The number of aliphatic hydroxyl groups excluding tert-OH is 1. The topological polar surface area (TPSA) is 53.0 Å². The minimum atomic E-state index is -0.277. The molecule has 0 radical (unpaired) electrons. The number of nitrogens with zero attached hydrogens (tertiary/aromatic N) is 2. The molecule has 5 nitrogen and oxygen atoms in total. The summed E-state index contributed by atoms with van der Waals surface area (Å²) < 4.78 is 18.3. The number of benzene rings is 1. The molecule has 0 saturated carbocycles. The van der Waals surface area contributed by atoms with Crippen LogP contribution in [0.4, 0.5) is 4.39 Å². The molecule has 0 bridgehead atoms. The maximum Gasteiger partial charge on any atom is 0.236 e. The molecule has 0 aromatic heterocycles. The minimum Gasteiger partial charge on any atom is -0.494 e. The Morgan fingerprint density at radius 3 is 2.65 bits per heavy atom. The van der Waals surface area contributed by atoms with Crippen molar-refractivity contribution in [2.75, 3.05) is 39.8 Å². The maximum absolute atomic E-state index is 12.8. The van der Waals surface area contributed by atoms with Crippen molar-refractivity contribution in [2.45, 2.75) is 25.4 Å². The van der Waals surface area contributed by atoms with Crippen molar-refractivity contribution in [1.82, 2.24) is 9.80 Å². The van der Waals surface area contributed by atoms with Gasteiger partial charge >= 0.3 is 0 Å². The van der Waals surface area contributed by atoms with E-state index in [4.69, 9.17) is 4.74 Å². The summed E-state index contributed by atoms with van der Waals surface area (Å²) in [7, 11) is 1.91. The molecule has 1 saturated heterocycles. The van der Waals surface area contributed by atoms with E-state index in [1.165, 1.54) is 12.1 Å². The second-order valence-electron chi connectivity index (χ2n) is 6.01. The molecule has 1 N–H and O–H groups in total. The zero-order chi connectivity index (χ0) is 16.7. The highest BCUT2D eigenvalue weighted by Crippen LogP contribution is 2.12. The summed E-state index contributed by atoms with van der Waals surface area (Å²) in [4.78, 5) is 15.9. The van der Waals surface area contributed by atoms with Gasteiger partial charge in [0.2, 0.25) is 5.91 Å². The molecule has 128 valence electrons. The molecule has 2 rings (SSSR count). The highest BCUT2D eigenvalue weighted by molar-refractivity contribution is 5.78. The normalized spacial score (nSPS) is 15.9. The van der Waals surface area contributed by atoms with Gasteiger partial charge in [-0.05, 0) is 50.6 Å². The molecule has 1 aromatic rings. The fraction of sp³-hybridized carbons (Fsp3) is 0.588. The Balaban J connectivity index is 1.60. The first-order valence-electron chi connectivity index (χ1n) is 8.07. The van der Waals surface area contributed by atoms with Crippen LogP contribution in [0.3, 0.4) is 0 Å². The number of hydrogen-bond acceptors (Lipinski definition) is 4. The van der Waals surface area contributed by atoms with E-state index in [0.29, 0.717) is 44.8 Å². The number of aliphatic hydroxyl groups is 1. The Morgan fingerprint density at radius 1 is 1.35 bits per heavy atom. The van der Waals surface area contributed by atoms with Crippen molar-refractivity contribution in [3.05, 3.63) is 30.1 Å². The molecule has 1 amide bonds. The Hall–Kier alpha value is -1.66. The van der Waals surface area contributed by atoms with Crippen LogP contribution in [-0.4, -0.2) is 66.8 Å². The van der Waals surface area contributed by atoms with Crippen LogP contribution in [0, 0.1) is 5.82 Å². The van der Waals surface area contributed by atoms with Gasteiger partial charge in [-0.15, -0.1) is 0 Å². The number of amides is 1. The maximum atomic E-state index is 12.8. The Kier molecular flexibility index (Phi) is 6.80. The molecule has 1 aliphatic rings. The Labute approximate surface area is 136 Å². The molecule has 1 aromatic carbocycles. The van der Waals surface area contributed by atoms with Gasteiger partial charge in [0.15, 0.2) is 0 Å². The van der Waals surface area contributed by atoms with Gasteiger partial charge in [0.1, 0.15) is 11.6 Å². The number of likely N-dealkylation sites (tertiary alicyclic amines) is 1. The second-order valence-corrected chi connectivity index (χ2v) is 6.01. The summed E-state index contributed by atoms with van der Waals surface area (Å²) in [6.45, 7) is 2.94. The van der Waals surface area contributed by atoms with Crippen LogP contribution in [0.15, 0.2) is 24.3 Å². The molecule has 1 heterocycles. The molecular formula is C17H25FN2O3. The highest BCUT2D eigenvalue weighted by atomic mass is 19.1. The van der Waals surface area contributed by atoms with Crippen molar-refractivity contribution in [2.24, 2.45) is 0 Å². The van der Waals surface area contributed by atoms with Gasteiger partial charge in [-0.2, -0.15) is 0 Å². The van der Waals surface area contributed by atoms with Crippen LogP contribution in [0.25, 0.3) is 0 Å². The van der Waals surface area contributed by atoms with E-state index in [2.05, 4.69) is 0 Å². The van der Waals surface area contributed by atoms with E-state index in [9.17, 15) is 14.3 Å². The third kappa shape index (κ3) is 6.15. The van der Waals surface area contributed by atoms with E-state index in [1.807, 2.05) is 16.8 Å². The lowest BCUT2D eigenvalue weighted by Crippen LogP contribution is -2.44. The van der Waals surface area contributed by atoms with E-state index in [1.54, 1.807) is 12.1 Å². The highest BCUT2D eigenvalue weighted by Gasteiger charge is 2.21. The standard InChI is InChI=1S/C17H25FN2O3/c1-19(13-17(22)20-10-7-15(21)8-11-20)9-2-12-23-16-5-3-14(18)4-6-16/h3-6,15,21H,2,7-13H2,1H3. The largest absolute Gasteiger partial charge is 0.494 e. The number of likely N-dealkylation sites (N-methyl/N-ethyl adjacent to an activating group) is 1. The second kappa shape index (κ2) is 8.84. The lowest BCUT2D eigenvalue weighted by molar-refractivity contribution is -0.134. The smallest absolute Gasteiger partial charge is 0.236 e. The summed E-state index contributed by atoms with van der Waals surface area (Å²) in [5.41, 5.74) is 0. The number of piperidine rings is 1. The molecule has 0 unspecified atom stereocenters. The van der Waals surface area contributed by atoms with Crippen molar-refractivity contribution in [1.29, 1.82) is 0 Å². The molecular weight excluding hydrogens is 299 g/mol. The van der Waals surface area contributed by atoms with Crippen molar-refractivity contribution in [3.63, 3.8) is 0 Å². The average Bonchev–Trinajstić information content (AvgIpc) is 2.54. The number of carbonyl (C=O) groups is 1. The molecule has 1 aliphatic heterocycles. The fourth-order valence-electron chi connectivity index (χ4n) is 2.58. The molecule has 0 spiro atoms. The SMILES string of the molecule is CN(CCCOc1ccc(F)cc1)CC(=O)N1CCC(O)CC1. The average molecular weight is 324 g/mol. The number of hydrogen-bond donors (Lipinski definition) is 1. The third-order valence-corrected chi connectivity index (χ3v) is 3.99. The van der Waals surface area contributed by atoms with Gasteiger partial charge in [-0.25, -0.2) is 4.39 Å². The molecule has 23 heavy (non-hydrogen) atoms. The molecule has 6 heteroatoms. The van der Waals surface area contributed by atoms with Crippen LogP contribution in [0.1, 0.15) is 19.3 Å². The zero-order valence-corrected chi connectivity index (χ0v) is 13.6. The number of halogens is 1. The van der Waals surface area contributed by atoms with Gasteiger partial charge < -0.3 is 14.7 Å². The van der Waals surface area contributed by atoms with Crippen molar-refractivity contribution in [3.8, 4) is 5.75 Å². The first-order valence-corrected chi connectivity index (χ1v) is 8.07. The lowest BCUT2D eigenvalue weighted by atomic mass is 10.1. The van der Waals surface area contributed by atoms with Gasteiger partial charge in [-0.3, -0.25) is 9.69 Å². The zero-order valence-electron chi connectivity index (χ0n) is 13.6. The summed E-state index contributed by atoms with van der Waals surface area (Å²) in [6, 6.07) is 5.95. The number of rotatable bonds is 7. The van der Waals surface area contributed by atoms with Crippen LogP contribution >= 0.6 is 0 Å². The predicted molar refractivity (Wildman–Crippen MR) is 85.8 cm³/mol. The lowest BCUT2D eigenvalue weighted by Gasteiger charge is -2.31. The monoisotopic (exact) mass is 324 g/mol. The van der Waals surface area contributed by atoms with Crippen LogP contribution in [-0.2, 0) is 4.79 Å². The summed E-state index contributed by atoms with van der Waals surface area (Å²) >= 11 is 0. The van der Waals surface area contributed by atoms with Crippen molar-refractivity contribution < 1.29 is 19.0 Å². The van der Waals surface area contributed by atoms with E-state index in [0.717, 1.165) is 13.0 Å². The number of ether oxygens (including phenoxy) is 1. The van der Waals surface area contributed by atoms with E-state index in [-0.39, 0.29) is 17.8 Å². The van der Waals surface area contributed by atoms with Crippen LogP contribution in [0.2, 0.25) is 0 Å². The molecule has 0 aliphatic carbocycles. The van der Waals surface area contributed by atoms with Crippen LogP contribution < -0.4 is 4.74 Å². The Bertz CT molecular complexity index is 487. The predicted octanol–water partition coefficient (Wildman–Crippen LogP) is 1.51. The van der Waals surface area contributed by atoms with Gasteiger partial charge in [-0.1, -0.05) is 0 Å². The summed E-state index contributed by atoms with van der Waals surface area (Å²) in [5.74, 6) is 0.483. The fourth-order valence-corrected chi connectivity index (χ4v) is 2.58. The minimum absolute atomic E-state index is 0.110. The first kappa shape index (κ1) is 17.7. The van der Waals surface area contributed by atoms with Gasteiger partial charge in [0.25, 0.3) is 0 Å². The third-order valence-electron chi connectivity index (χ3n) is 3.99. The van der Waals surface area contributed by atoms with Gasteiger partial charge in [0, 0.05) is 19.6 Å². The van der Waals surface area contributed by atoms with E-state index < -0.39 is 0 Å². The Morgan fingerprint density at radius 2 is 2.00 bits per heavy atom. The first-order chi connectivity index (χ1) is 11.0. The van der Waals surface area contributed by atoms with Crippen LogP contribution in [0.5, 0.6) is 5.75 Å². The summed E-state index contributed by atoms with van der Waals surface area (Å²) in [6.07, 6.45) is 1.86. The quantitative estimate of drug-likeness (QED) is 0.773. The van der Waals surface area contributed by atoms with Gasteiger partial charge in [0.05, 0.1) is 19.3 Å².